The summed E-state index contributed by atoms with van der Waals surface area (Å²) < 4.78 is 45.0. The van der Waals surface area contributed by atoms with E-state index in [0.717, 1.165) is 18.6 Å². The molecule has 0 radical (unpaired) electrons. The van der Waals surface area contributed by atoms with Crippen molar-refractivity contribution in [1.82, 2.24) is 24.7 Å². The number of aliphatic carboxylic acids is 1. The fourth-order valence-corrected chi connectivity index (χ4v) is 3.39. The van der Waals surface area contributed by atoms with Gasteiger partial charge < -0.3 is 20.6 Å². The Morgan fingerprint density at radius 3 is 2.58 bits per heavy atom. The molecule has 0 aliphatic carbocycles. The highest BCUT2D eigenvalue weighted by Gasteiger charge is 2.42. The number of carboxylic acid groups (broad SMARTS) is 1. The van der Waals surface area contributed by atoms with Crippen LogP contribution in [0.2, 0.25) is 0 Å². The summed E-state index contributed by atoms with van der Waals surface area (Å²) in [4.78, 5) is 21.9. The van der Waals surface area contributed by atoms with Crippen LogP contribution in [0.3, 0.4) is 0 Å². The zero-order valence-corrected chi connectivity index (χ0v) is 17.4. The monoisotopic (exact) mass is 466 g/mol. The molecule has 3 rings (SSSR count). The minimum absolute atomic E-state index is 0.215. The van der Waals surface area contributed by atoms with Crippen molar-refractivity contribution in [2.75, 3.05) is 5.32 Å². The summed E-state index contributed by atoms with van der Waals surface area (Å²) in [5.74, 6) is -5.41. The first-order valence-electron chi connectivity index (χ1n) is 9.78. The van der Waals surface area contributed by atoms with E-state index in [2.05, 4.69) is 25.4 Å². The van der Waals surface area contributed by atoms with Gasteiger partial charge in [-0.05, 0) is 6.07 Å². The number of hydrogen-bond acceptors (Lipinski definition) is 8. The fourth-order valence-electron chi connectivity index (χ4n) is 3.39. The molecule has 0 saturated carbocycles. The Bertz CT molecular complexity index is 1120. The first-order chi connectivity index (χ1) is 15.6. The van der Waals surface area contributed by atoms with E-state index in [4.69, 9.17) is 5.11 Å². The van der Waals surface area contributed by atoms with Gasteiger partial charge in [-0.3, -0.25) is 4.79 Å². The Morgan fingerprint density at radius 1 is 1.18 bits per heavy atom. The number of aliphatic hydroxyl groups is 2. The zero-order valence-electron chi connectivity index (χ0n) is 17.4. The summed E-state index contributed by atoms with van der Waals surface area (Å²) in [6.07, 6.45) is 2.28. The second-order valence-corrected chi connectivity index (χ2v) is 7.40. The van der Waals surface area contributed by atoms with E-state index in [1.165, 1.54) is 24.3 Å². The second kappa shape index (κ2) is 9.92. The molecule has 2 heterocycles. The fraction of sp³-hybridized carbons (Fsp3) is 0.350. The van der Waals surface area contributed by atoms with E-state index in [9.17, 15) is 28.2 Å². The molecule has 0 aliphatic heterocycles. The van der Waals surface area contributed by atoms with Crippen molar-refractivity contribution in [2.24, 2.45) is 0 Å². The highest BCUT2D eigenvalue weighted by atomic mass is 19.1. The number of rotatable bonds is 10. The molecule has 3 aromatic rings. The molecule has 0 saturated heterocycles. The van der Waals surface area contributed by atoms with Gasteiger partial charge in [-0.25, -0.2) is 32.8 Å². The molecule has 0 fully saturated rings. The number of carbonyl (C=O) groups is 1. The lowest BCUT2D eigenvalue weighted by molar-refractivity contribution is -0.137. The molecule has 0 amide bonds. The minimum Gasteiger partial charge on any atom is -0.481 e. The summed E-state index contributed by atoms with van der Waals surface area (Å²) in [7, 11) is 0. The normalized spacial score (nSPS) is 15.0. The molecule has 0 spiro atoms. The van der Waals surface area contributed by atoms with Crippen LogP contribution in [0.4, 0.5) is 18.9 Å². The maximum Gasteiger partial charge on any atom is 0.303 e. The van der Waals surface area contributed by atoms with Gasteiger partial charge in [0.1, 0.15) is 42.4 Å². The van der Waals surface area contributed by atoms with Crippen molar-refractivity contribution in [1.29, 1.82) is 0 Å². The number of nitrogens with zero attached hydrogens (tertiary/aromatic N) is 5. The van der Waals surface area contributed by atoms with Gasteiger partial charge in [0.25, 0.3) is 0 Å². The second-order valence-electron chi connectivity index (χ2n) is 7.40. The summed E-state index contributed by atoms with van der Waals surface area (Å²) >= 11 is 0. The van der Waals surface area contributed by atoms with Gasteiger partial charge in [-0.15, -0.1) is 0 Å². The summed E-state index contributed by atoms with van der Waals surface area (Å²) in [6, 6.07) is 1.43. The molecule has 1 aromatic carbocycles. The van der Waals surface area contributed by atoms with Crippen molar-refractivity contribution in [3.63, 3.8) is 0 Å². The van der Waals surface area contributed by atoms with Crippen molar-refractivity contribution in [2.45, 2.75) is 44.1 Å². The van der Waals surface area contributed by atoms with Gasteiger partial charge in [0, 0.05) is 30.4 Å². The maximum absolute atomic E-state index is 15.0. The van der Waals surface area contributed by atoms with Crippen LogP contribution in [0, 0.1) is 17.5 Å². The first kappa shape index (κ1) is 24.1. The molecule has 33 heavy (non-hydrogen) atoms. The van der Waals surface area contributed by atoms with Crippen LogP contribution in [0.1, 0.15) is 36.9 Å². The van der Waals surface area contributed by atoms with E-state index in [0.29, 0.717) is 6.07 Å². The van der Waals surface area contributed by atoms with Gasteiger partial charge in [0.2, 0.25) is 0 Å². The van der Waals surface area contributed by atoms with Gasteiger partial charge in [0.15, 0.2) is 5.82 Å². The van der Waals surface area contributed by atoms with Gasteiger partial charge in [-0.2, -0.15) is 5.10 Å². The SMILES string of the molecule is C[C@@H](c1ncncc1F)C(O)(Cn1cncn1)c1cc(NC(O)CCC(=O)O)c(F)cc1F. The number of aromatic nitrogens is 5. The lowest BCUT2D eigenvalue weighted by Crippen LogP contribution is -2.39. The molecule has 0 bridgehead atoms. The van der Waals surface area contributed by atoms with Crippen LogP contribution >= 0.6 is 0 Å². The lowest BCUT2D eigenvalue weighted by atomic mass is 9.79. The molecule has 2 aromatic heterocycles. The number of anilines is 1. The highest BCUT2D eigenvalue weighted by molar-refractivity contribution is 5.66. The molecule has 2 unspecified atom stereocenters. The van der Waals surface area contributed by atoms with Gasteiger partial charge >= 0.3 is 5.97 Å². The molecule has 10 nitrogen and oxygen atoms in total. The Labute approximate surface area is 185 Å². The summed E-state index contributed by atoms with van der Waals surface area (Å²) in [6.45, 7) is 1.00. The van der Waals surface area contributed by atoms with Crippen LogP contribution in [-0.4, -0.2) is 52.2 Å². The third-order valence-electron chi connectivity index (χ3n) is 5.17. The Morgan fingerprint density at radius 2 is 1.94 bits per heavy atom. The van der Waals surface area contributed by atoms with E-state index in [1.54, 1.807) is 0 Å². The number of benzene rings is 1. The van der Waals surface area contributed by atoms with Crippen LogP contribution in [0.25, 0.3) is 0 Å². The molecular formula is C20H21F3N6O4. The number of aliphatic hydroxyl groups excluding tert-OH is 1. The molecular weight excluding hydrogens is 445 g/mol. The van der Waals surface area contributed by atoms with Crippen LogP contribution in [-0.2, 0) is 16.9 Å². The number of halogens is 3. The zero-order chi connectivity index (χ0) is 24.2. The Hall–Kier alpha value is -3.58. The highest BCUT2D eigenvalue weighted by Crippen LogP contribution is 2.41. The number of hydrogen-bond donors (Lipinski definition) is 4. The Kier molecular flexibility index (Phi) is 7.23. The maximum atomic E-state index is 15.0. The molecule has 4 N–H and O–H groups in total. The average Bonchev–Trinajstić information content (AvgIpc) is 3.26. The van der Waals surface area contributed by atoms with Gasteiger partial charge in [0.05, 0.1) is 24.1 Å². The molecule has 176 valence electrons. The lowest BCUT2D eigenvalue weighted by Gasteiger charge is -2.35. The van der Waals surface area contributed by atoms with E-state index in [1.807, 2.05) is 0 Å². The van der Waals surface area contributed by atoms with E-state index >= 15 is 0 Å². The van der Waals surface area contributed by atoms with E-state index < -0.39 is 65.4 Å². The third-order valence-corrected chi connectivity index (χ3v) is 5.17. The van der Waals surface area contributed by atoms with E-state index in [-0.39, 0.29) is 12.1 Å². The van der Waals surface area contributed by atoms with Crippen LogP contribution in [0.5, 0.6) is 0 Å². The van der Waals surface area contributed by atoms with Crippen molar-refractivity contribution in [3.8, 4) is 0 Å². The number of carboxylic acids is 1. The van der Waals surface area contributed by atoms with Crippen molar-refractivity contribution in [3.05, 3.63) is 66.0 Å². The third kappa shape index (κ3) is 5.43. The largest absolute Gasteiger partial charge is 0.481 e. The predicted octanol–water partition coefficient (Wildman–Crippen LogP) is 1.77. The smallest absolute Gasteiger partial charge is 0.303 e. The van der Waals surface area contributed by atoms with Gasteiger partial charge in [-0.1, -0.05) is 6.92 Å². The molecule has 0 aliphatic rings. The summed E-state index contributed by atoms with van der Waals surface area (Å²) in [5.41, 5.74) is -3.25. The average molecular weight is 466 g/mol. The van der Waals surface area contributed by atoms with Crippen molar-refractivity contribution < 1.29 is 33.3 Å². The molecule has 3 atom stereocenters. The Balaban J connectivity index is 2.06. The standard InChI is InChI=1S/C20H21F3N6O4/c1-11(19-15(23)6-24-8-26-19)20(33,7-29-10-25-9-27-29)12-4-16(14(22)5-13(12)21)28-17(30)2-3-18(31)32/h4-6,8-11,17,28,30,33H,2-3,7H2,1H3,(H,31,32)/t11-,17?,20?/m0/s1. The summed E-state index contributed by atoms with van der Waals surface area (Å²) in [5, 5.41) is 36.6. The minimum atomic E-state index is -2.21. The quantitative estimate of drug-likeness (QED) is 0.328. The van der Waals surface area contributed by atoms with Crippen LogP contribution < -0.4 is 5.32 Å². The molecule has 13 heteroatoms. The topological polar surface area (TPSA) is 146 Å². The number of nitrogens with one attached hydrogen (secondary N) is 1. The first-order valence-corrected chi connectivity index (χ1v) is 9.78. The van der Waals surface area contributed by atoms with Crippen molar-refractivity contribution >= 4 is 11.7 Å². The van der Waals surface area contributed by atoms with Crippen LogP contribution in [0.15, 0.2) is 37.3 Å². The predicted molar refractivity (Wildman–Crippen MR) is 107 cm³/mol.